The zero-order valence-electron chi connectivity index (χ0n) is 11.7. The number of ether oxygens (including phenoxy) is 1. The lowest BCUT2D eigenvalue weighted by Crippen LogP contribution is -2.38. The van der Waals surface area contributed by atoms with Crippen LogP contribution in [0, 0.1) is 0 Å². The molecule has 1 rings (SSSR count). The molecule has 20 heavy (non-hydrogen) atoms. The second kappa shape index (κ2) is 6.58. The van der Waals surface area contributed by atoms with Gasteiger partial charge in [0.25, 0.3) is 0 Å². The van der Waals surface area contributed by atoms with Crippen LogP contribution in [-0.4, -0.2) is 45.9 Å². The molecule has 0 fully saturated rings. The number of hydrogen-bond acceptors (Lipinski definition) is 5. The largest absolute Gasteiger partial charge is 0.497 e. The van der Waals surface area contributed by atoms with E-state index in [0.29, 0.717) is 12.3 Å². The van der Waals surface area contributed by atoms with Gasteiger partial charge in [-0.1, -0.05) is 0 Å². The first kappa shape index (κ1) is 16.3. The summed E-state index contributed by atoms with van der Waals surface area (Å²) in [6.07, 6.45) is 0. The molecule has 0 aliphatic heterocycles. The van der Waals surface area contributed by atoms with Crippen molar-refractivity contribution in [2.75, 3.05) is 33.0 Å². The molecule has 0 bridgehead atoms. The molecule has 0 aliphatic rings. The zero-order valence-corrected chi connectivity index (χ0v) is 12.5. The van der Waals surface area contributed by atoms with Crippen molar-refractivity contribution in [2.24, 2.45) is 0 Å². The highest BCUT2D eigenvalue weighted by molar-refractivity contribution is 7.89. The van der Waals surface area contributed by atoms with Crippen LogP contribution in [0.5, 0.6) is 5.75 Å². The van der Waals surface area contributed by atoms with Crippen molar-refractivity contribution in [3.8, 4) is 5.75 Å². The second-order valence-corrected chi connectivity index (χ2v) is 6.13. The van der Waals surface area contributed by atoms with Crippen LogP contribution in [0.2, 0.25) is 0 Å². The Morgan fingerprint density at radius 1 is 1.45 bits per heavy atom. The maximum absolute atomic E-state index is 12.3. The van der Waals surface area contributed by atoms with Gasteiger partial charge in [0.15, 0.2) is 0 Å². The number of nitrogen functional groups attached to an aromatic ring is 1. The number of rotatable bonds is 6. The molecule has 1 aromatic carbocycles. The molecule has 0 unspecified atom stereocenters. The SMILES string of the molecule is CCNC(=O)CN(C)S(=O)(=O)c1ccc(OC)cc1N. The van der Waals surface area contributed by atoms with Gasteiger partial charge in [-0.25, -0.2) is 8.42 Å². The van der Waals surface area contributed by atoms with Crippen molar-refractivity contribution >= 4 is 21.6 Å². The van der Waals surface area contributed by atoms with Gasteiger partial charge in [-0.3, -0.25) is 4.79 Å². The van der Waals surface area contributed by atoms with E-state index in [-0.39, 0.29) is 23.0 Å². The number of anilines is 1. The molecule has 0 aliphatic carbocycles. The number of nitrogens with two attached hydrogens (primary N) is 1. The number of methoxy groups -OCH3 is 1. The molecule has 0 aromatic heterocycles. The Hall–Kier alpha value is -1.80. The minimum absolute atomic E-state index is 0.0508. The minimum Gasteiger partial charge on any atom is -0.497 e. The Labute approximate surface area is 118 Å². The number of sulfonamides is 1. The summed E-state index contributed by atoms with van der Waals surface area (Å²) in [6, 6.07) is 4.29. The van der Waals surface area contributed by atoms with Crippen molar-refractivity contribution in [2.45, 2.75) is 11.8 Å². The quantitative estimate of drug-likeness (QED) is 0.722. The molecule has 1 amide bonds. The van der Waals surface area contributed by atoms with Crippen LogP contribution in [0.4, 0.5) is 5.69 Å². The van der Waals surface area contributed by atoms with Crippen LogP contribution >= 0.6 is 0 Å². The van der Waals surface area contributed by atoms with E-state index in [1.54, 1.807) is 6.92 Å². The number of nitrogens with one attached hydrogen (secondary N) is 1. The van der Waals surface area contributed by atoms with E-state index in [4.69, 9.17) is 10.5 Å². The zero-order chi connectivity index (χ0) is 15.3. The molecule has 7 nitrogen and oxygen atoms in total. The summed E-state index contributed by atoms with van der Waals surface area (Å²) in [5.41, 5.74) is 5.80. The highest BCUT2D eigenvalue weighted by Gasteiger charge is 2.25. The monoisotopic (exact) mass is 301 g/mol. The molecular weight excluding hydrogens is 282 g/mol. The number of amides is 1. The third-order valence-corrected chi connectivity index (χ3v) is 4.52. The highest BCUT2D eigenvalue weighted by atomic mass is 32.2. The number of carbonyl (C=O) groups excluding carboxylic acids is 1. The van der Waals surface area contributed by atoms with E-state index >= 15 is 0 Å². The van der Waals surface area contributed by atoms with Crippen LogP contribution in [0.3, 0.4) is 0 Å². The van der Waals surface area contributed by atoms with Gasteiger partial charge >= 0.3 is 0 Å². The molecule has 0 saturated carbocycles. The predicted octanol–water partition coefficient (Wildman–Crippen LogP) is 0.0340. The van der Waals surface area contributed by atoms with Crippen molar-refractivity contribution in [1.82, 2.24) is 9.62 Å². The summed E-state index contributed by atoms with van der Waals surface area (Å²) < 4.78 is 30.6. The van der Waals surface area contributed by atoms with Gasteiger partial charge in [-0.05, 0) is 19.1 Å². The Bertz CT molecular complexity index is 586. The Morgan fingerprint density at radius 2 is 2.10 bits per heavy atom. The van der Waals surface area contributed by atoms with Crippen molar-refractivity contribution in [3.63, 3.8) is 0 Å². The summed E-state index contributed by atoms with van der Waals surface area (Å²) in [5.74, 6) is 0.0958. The Kier molecular flexibility index (Phi) is 5.34. The molecular formula is C12H19N3O4S. The molecule has 0 spiro atoms. The fraction of sp³-hybridized carbons (Fsp3) is 0.417. The summed E-state index contributed by atoms with van der Waals surface area (Å²) in [4.78, 5) is 11.4. The average Bonchev–Trinajstić information content (AvgIpc) is 2.38. The van der Waals surface area contributed by atoms with Crippen molar-refractivity contribution < 1.29 is 17.9 Å². The Morgan fingerprint density at radius 3 is 2.60 bits per heavy atom. The molecule has 0 atom stereocenters. The summed E-state index contributed by atoms with van der Waals surface area (Å²) in [7, 11) is -1.03. The van der Waals surface area contributed by atoms with Gasteiger partial charge in [-0.2, -0.15) is 4.31 Å². The fourth-order valence-corrected chi connectivity index (χ4v) is 2.82. The topological polar surface area (TPSA) is 102 Å². The lowest BCUT2D eigenvalue weighted by atomic mass is 10.3. The molecule has 3 N–H and O–H groups in total. The first-order valence-corrected chi connectivity index (χ1v) is 7.43. The van der Waals surface area contributed by atoms with E-state index in [1.807, 2.05) is 0 Å². The summed E-state index contributed by atoms with van der Waals surface area (Å²) in [6.45, 7) is 1.94. The number of benzene rings is 1. The van der Waals surface area contributed by atoms with E-state index in [1.165, 1.54) is 32.4 Å². The summed E-state index contributed by atoms with van der Waals surface area (Å²) >= 11 is 0. The van der Waals surface area contributed by atoms with E-state index in [0.717, 1.165) is 4.31 Å². The van der Waals surface area contributed by atoms with Crippen LogP contribution in [0.25, 0.3) is 0 Å². The minimum atomic E-state index is -3.82. The van der Waals surface area contributed by atoms with E-state index < -0.39 is 10.0 Å². The van der Waals surface area contributed by atoms with Crippen molar-refractivity contribution in [1.29, 1.82) is 0 Å². The molecule has 0 saturated heterocycles. The number of carbonyl (C=O) groups is 1. The molecule has 0 heterocycles. The van der Waals surface area contributed by atoms with Gasteiger partial charge in [0.2, 0.25) is 15.9 Å². The van der Waals surface area contributed by atoms with Crippen LogP contribution in [0.1, 0.15) is 6.92 Å². The average molecular weight is 301 g/mol. The third-order valence-electron chi connectivity index (χ3n) is 2.65. The van der Waals surface area contributed by atoms with Gasteiger partial charge < -0.3 is 15.8 Å². The van der Waals surface area contributed by atoms with Crippen LogP contribution in [0.15, 0.2) is 23.1 Å². The predicted molar refractivity (Wildman–Crippen MR) is 75.9 cm³/mol. The number of likely N-dealkylation sites (N-methyl/N-ethyl adjacent to an activating group) is 2. The fourth-order valence-electron chi connectivity index (χ4n) is 1.60. The highest BCUT2D eigenvalue weighted by Crippen LogP contribution is 2.25. The molecule has 0 radical (unpaired) electrons. The molecule has 112 valence electrons. The first-order valence-electron chi connectivity index (χ1n) is 5.99. The third kappa shape index (κ3) is 3.61. The van der Waals surface area contributed by atoms with Gasteiger partial charge in [0.05, 0.1) is 19.3 Å². The smallest absolute Gasteiger partial charge is 0.245 e. The number of hydrogen-bond donors (Lipinski definition) is 2. The lowest BCUT2D eigenvalue weighted by molar-refractivity contribution is -0.121. The van der Waals surface area contributed by atoms with E-state index in [9.17, 15) is 13.2 Å². The van der Waals surface area contributed by atoms with Crippen molar-refractivity contribution in [3.05, 3.63) is 18.2 Å². The number of nitrogens with zero attached hydrogens (tertiary/aromatic N) is 1. The van der Waals surface area contributed by atoms with E-state index in [2.05, 4.69) is 5.32 Å². The normalized spacial score (nSPS) is 11.4. The lowest BCUT2D eigenvalue weighted by Gasteiger charge is -2.18. The maximum atomic E-state index is 12.3. The van der Waals surface area contributed by atoms with Crippen LogP contribution < -0.4 is 15.8 Å². The van der Waals surface area contributed by atoms with Gasteiger partial charge in [0, 0.05) is 19.7 Å². The van der Waals surface area contributed by atoms with Gasteiger partial charge in [0.1, 0.15) is 10.6 Å². The standard InChI is InChI=1S/C12H19N3O4S/c1-4-14-12(16)8-15(2)20(17,18)11-6-5-9(19-3)7-10(11)13/h5-7H,4,8,13H2,1-3H3,(H,14,16). The molecule has 1 aromatic rings. The van der Waals surface area contributed by atoms with Gasteiger partial charge in [-0.15, -0.1) is 0 Å². The second-order valence-electron chi connectivity index (χ2n) is 4.12. The Balaban J connectivity index is 3.01. The van der Waals surface area contributed by atoms with Crippen LogP contribution in [-0.2, 0) is 14.8 Å². The summed E-state index contributed by atoms with van der Waals surface area (Å²) in [5, 5.41) is 2.54. The first-order chi connectivity index (χ1) is 9.32. The maximum Gasteiger partial charge on any atom is 0.245 e. The molecule has 8 heteroatoms.